The summed E-state index contributed by atoms with van der Waals surface area (Å²) in [5.74, 6) is -0.213. The average Bonchev–Trinajstić information content (AvgIpc) is 2.88. The molecule has 0 fully saturated rings. The second kappa shape index (κ2) is 4.96. The van der Waals surface area contributed by atoms with Gasteiger partial charge in [-0.2, -0.15) is 0 Å². The van der Waals surface area contributed by atoms with Crippen molar-refractivity contribution in [3.8, 4) is 11.6 Å². The van der Waals surface area contributed by atoms with Gasteiger partial charge in [0, 0.05) is 11.8 Å². The molecule has 0 spiro atoms. The van der Waals surface area contributed by atoms with Crippen molar-refractivity contribution in [2.75, 3.05) is 0 Å². The van der Waals surface area contributed by atoms with E-state index < -0.39 is 5.97 Å². The van der Waals surface area contributed by atoms with Crippen molar-refractivity contribution in [2.24, 2.45) is 0 Å². The molecule has 3 rings (SSSR count). The van der Waals surface area contributed by atoms with Crippen molar-refractivity contribution in [3.05, 3.63) is 52.7 Å². The molecule has 1 N–H and O–H groups in total. The van der Waals surface area contributed by atoms with Crippen molar-refractivity contribution >= 4 is 5.97 Å². The summed E-state index contributed by atoms with van der Waals surface area (Å²) >= 11 is 0. The van der Waals surface area contributed by atoms with Crippen LogP contribution in [0.5, 0.6) is 11.6 Å². The first-order chi connectivity index (χ1) is 9.63. The van der Waals surface area contributed by atoms with Gasteiger partial charge in [0.1, 0.15) is 11.3 Å². The topological polar surface area (TPSA) is 59.4 Å². The molecule has 0 amide bonds. The van der Waals surface area contributed by atoms with Gasteiger partial charge in [-0.3, -0.25) is 0 Å². The Balaban J connectivity index is 1.93. The van der Waals surface area contributed by atoms with Crippen LogP contribution in [0.15, 0.2) is 30.3 Å². The summed E-state index contributed by atoms with van der Waals surface area (Å²) in [4.78, 5) is 15.7. The van der Waals surface area contributed by atoms with E-state index >= 15 is 0 Å². The zero-order chi connectivity index (χ0) is 14.1. The monoisotopic (exact) mass is 269 g/mol. The van der Waals surface area contributed by atoms with Crippen molar-refractivity contribution in [2.45, 2.75) is 26.2 Å². The molecule has 1 aromatic heterocycles. The van der Waals surface area contributed by atoms with Crippen LogP contribution in [0.2, 0.25) is 0 Å². The van der Waals surface area contributed by atoms with E-state index in [1.807, 2.05) is 19.1 Å². The summed E-state index contributed by atoms with van der Waals surface area (Å²) in [7, 11) is 0. The second-order valence-electron chi connectivity index (χ2n) is 5.02. The predicted molar refractivity (Wildman–Crippen MR) is 74.5 cm³/mol. The minimum absolute atomic E-state index is 0.160. The van der Waals surface area contributed by atoms with Crippen LogP contribution in [0.4, 0.5) is 0 Å². The first-order valence-corrected chi connectivity index (χ1v) is 6.64. The number of pyridine rings is 1. The zero-order valence-corrected chi connectivity index (χ0v) is 11.2. The number of carbonyl (C=O) groups is 1. The summed E-state index contributed by atoms with van der Waals surface area (Å²) in [5, 5.41) is 9.22. The predicted octanol–water partition coefficient (Wildman–Crippen LogP) is 3.37. The number of aromatic nitrogens is 1. The standard InChI is InChI=1S/C16H15NO3/c1-10-5-7-14(12(9-10)16(18)19)20-15-8-6-11-3-2-4-13(11)17-15/h5-9H,2-4H2,1H3,(H,18,19). The van der Waals surface area contributed by atoms with Gasteiger partial charge in [-0.05, 0) is 43.9 Å². The fourth-order valence-corrected chi connectivity index (χ4v) is 2.47. The number of fused-ring (bicyclic) bond motifs is 1. The Kier molecular flexibility index (Phi) is 3.14. The van der Waals surface area contributed by atoms with Crippen molar-refractivity contribution in [1.29, 1.82) is 0 Å². The van der Waals surface area contributed by atoms with Crippen LogP contribution in [-0.4, -0.2) is 16.1 Å². The van der Waals surface area contributed by atoms with Gasteiger partial charge in [-0.25, -0.2) is 9.78 Å². The summed E-state index contributed by atoms with van der Waals surface area (Å²) in [6.07, 6.45) is 3.15. The largest absolute Gasteiger partial charge is 0.478 e. The Morgan fingerprint density at radius 3 is 2.90 bits per heavy atom. The number of nitrogens with zero attached hydrogens (tertiary/aromatic N) is 1. The third-order valence-electron chi connectivity index (χ3n) is 3.48. The number of hydrogen-bond donors (Lipinski definition) is 1. The molecule has 4 nitrogen and oxygen atoms in total. The molecule has 0 saturated heterocycles. The van der Waals surface area contributed by atoms with Crippen LogP contribution in [0.1, 0.15) is 33.6 Å². The van der Waals surface area contributed by atoms with E-state index in [0.717, 1.165) is 30.5 Å². The van der Waals surface area contributed by atoms with E-state index in [-0.39, 0.29) is 5.56 Å². The minimum Gasteiger partial charge on any atom is -0.478 e. The highest BCUT2D eigenvalue weighted by atomic mass is 16.5. The third-order valence-corrected chi connectivity index (χ3v) is 3.48. The first kappa shape index (κ1) is 12.7. The maximum atomic E-state index is 11.3. The molecular weight excluding hydrogens is 254 g/mol. The molecule has 0 radical (unpaired) electrons. The molecule has 1 aromatic carbocycles. The zero-order valence-electron chi connectivity index (χ0n) is 11.2. The Hall–Kier alpha value is -2.36. The molecule has 1 aliphatic rings. The molecule has 0 bridgehead atoms. The average molecular weight is 269 g/mol. The minimum atomic E-state index is -0.995. The lowest BCUT2D eigenvalue weighted by Gasteiger charge is -2.09. The van der Waals surface area contributed by atoms with E-state index in [2.05, 4.69) is 4.98 Å². The van der Waals surface area contributed by atoms with Gasteiger partial charge in [0.05, 0.1) is 0 Å². The molecule has 102 valence electrons. The fourth-order valence-electron chi connectivity index (χ4n) is 2.47. The molecule has 1 heterocycles. The summed E-state index contributed by atoms with van der Waals surface area (Å²) in [6, 6.07) is 8.92. The van der Waals surface area contributed by atoms with Gasteiger partial charge in [-0.15, -0.1) is 0 Å². The van der Waals surface area contributed by atoms with Gasteiger partial charge in [0.25, 0.3) is 0 Å². The fraction of sp³-hybridized carbons (Fsp3) is 0.250. The van der Waals surface area contributed by atoms with Crippen molar-refractivity contribution in [3.63, 3.8) is 0 Å². The van der Waals surface area contributed by atoms with Crippen LogP contribution >= 0.6 is 0 Å². The molecule has 0 aliphatic heterocycles. The number of aromatic carboxylic acids is 1. The van der Waals surface area contributed by atoms with Gasteiger partial charge in [0.15, 0.2) is 0 Å². The lowest BCUT2D eigenvalue weighted by molar-refractivity contribution is 0.0694. The highest BCUT2D eigenvalue weighted by Crippen LogP contribution is 2.28. The molecule has 2 aromatic rings. The van der Waals surface area contributed by atoms with E-state index in [9.17, 15) is 9.90 Å². The number of rotatable bonds is 3. The summed E-state index contributed by atoms with van der Waals surface area (Å²) < 4.78 is 5.66. The van der Waals surface area contributed by atoms with Crippen LogP contribution in [0.3, 0.4) is 0 Å². The number of benzene rings is 1. The van der Waals surface area contributed by atoms with E-state index in [1.54, 1.807) is 18.2 Å². The maximum Gasteiger partial charge on any atom is 0.339 e. The van der Waals surface area contributed by atoms with Gasteiger partial charge in [-0.1, -0.05) is 17.7 Å². The van der Waals surface area contributed by atoms with Crippen molar-refractivity contribution < 1.29 is 14.6 Å². The molecule has 1 aliphatic carbocycles. The van der Waals surface area contributed by atoms with Gasteiger partial charge >= 0.3 is 5.97 Å². The van der Waals surface area contributed by atoms with E-state index in [0.29, 0.717) is 11.6 Å². The van der Waals surface area contributed by atoms with Crippen LogP contribution in [0.25, 0.3) is 0 Å². The lowest BCUT2D eigenvalue weighted by Crippen LogP contribution is -2.01. The molecular formula is C16H15NO3. The number of aryl methyl sites for hydroxylation is 3. The van der Waals surface area contributed by atoms with Crippen LogP contribution in [0, 0.1) is 6.92 Å². The Labute approximate surface area is 117 Å². The maximum absolute atomic E-state index is 11.3. The Morgan fingerprint density at radius 2 is 2.10 bits per heavy atom. The smallest absolute Gasteiger partial charge is 0.339 e. The highest BCUT2D eigenvalue weighted by molar-refractivity contribution is 5.91. The van der Waals surface area contributed by atoms with E-state index in [1.165, 1.54) is 5.56 Å². The molecule has 4 heteroatoms. The lowest BCUT2D eigenvalue weighted by atomic mass is 10.1. The van der Waals surface area contributed by atoms with Crippen molar-refractivity contribution in [1.82, 2.24) is 4.98 Å². The number of carboxylic acids is 1. The van der Waals surface area contributed by atoms with Crippen LogP contribution < -0.4 is 4.74 Å². The number of hydrogen-bond acceptors (Lipinski definition) is 3. The quantitative estimate of drug-likeness (QED) is 0.928. The molecule has 20 heavy (non-hydrogen) atoms. The third kappa shape index (κ3) is 2.37. The summed E-state index contributed by atoms with van der Waals surface area (Å²) in [6.45, 7) is 1.85. The normalized spacial score (nSPS) is 13.1. The SMILES string of the molecule is Cc1ccc(Oc2ccc3c(n2)CCC3)c(C(=O)O)c1. The number of carboxylic acid groups (broad SMARTS) is 1. The molecule has 0 unspecified atom stereocenters. The summed E-state index contributed by atoms with van der Waals surface area (Å²) in [5.41, 5.74) is 3.37. The highest BCUT2D eigenvalue weighted by Gasteiger charge is 2.16. The number of ether oxygens (including phenoxy) is 1. The van der Waals surface area contributed by atoms with Crippen LogP contribution in [-0.2, 0) is 12.8 Å². The van der Waals surface area contributed by atoms with E-state index in [4.69, 9.17) is 4.74 Å². The van der Waals surface area contributed by atoms with Gasteiger partial charge in [0.2, 0.25) is 5.88 Å². The van der Waals surface area contributed by atoms with Gasteiger partial charge < -0.3 is 9.84 Å². The Bertz CT molecular complexity index is 679. The first-order valence-electron chi connectivity index (χ1n) is 6.64. The molecule has 0 saturated carbocycles. The Morgan fingerprint density at radius 1 is 1.25 bits per heavy atom. The molecule has 0 atom stereocenters. The second-order valence-corrected chi connectivity index (χ2v) is 5.02.